The Balaban J connectivity index is 2.38. The molecule has 0 saturated heterocycles. The molecule has 0 fully saturated rings. The molecule has 1 aliphatic heterocycles. The van der Waals surface area contributed by atoms with Gasteiger partial charge in [-0.05, 0) is 25.5 Å². The van der Waals surface area contributed by atoms with Gasteiger partial charge in [0.1, 0.15) is 0 Å². The number of rotatable bonds is 3. The van der Waals surface area contributed by atoms with Crippen molar-refractivity contribution in [2.45, 2.75) is 20.0 Å². The van der Waals surface area contributed by atoms with E-state index in [0.717, 1.165) is 5.56 Å². The first-order chi connectivity index (χ1) is 8.15. The molecule has 0 radical (unpaired) electrons. The predicted molar refractivity (Wildman–Crippen MR) is 58.9 cm³/mol. The molecule has 1 aromatic rings. The SMILES string of the molecule is CCOC(=O)C(O)c1c(C)ccc2c1OCO2. The topological polar surface area (TPSA) is 65.0 Å². The average molecular weight is 238 g/mol. The van der Waals surface area contributed by atoms with Crippen molar-refractivity contribution in [1.29, 1.82) is 0 Å². The Bertz CT molecular complexity index is 441. The van der Waals surface area contributed by atoms with E-state index in [0.29, 0.717) is 17.1 Å². The molecule has 92 valence electrons. The lowest BCUT2D eigenvalue weighted by Crippen LogP contribution is -2.17. The van der Waals surface area contributed by atoms with Crippen LogP contribution in [0.1, 0.15) is 24.2 Å². The highest BCUT2D eigenvalue weighted by Gasteiger charge is 2.29. The highest BCUT2D eigenvalue weighted by molar-refractivity contribution is 5.78. The lowest BCUT2D eigenvalue weighted by atomic mass is 10.0. The van der Waals surface area contributed by atoms with Crippen LogP contribution >= 0.6 is 0 Å². The number of hydrogen-bond donors (Lipinski definition) is 1. The molecule has 17 heavy (non-hydrogen) atoms. The van der Waals surface area contributed by atoms with Gasteiger partial charge in [-0.2, -0.15) is 0 Å². The normalized spacial score (nSPS) is 14.5. The van der Waals surface area contributed by atoms with E-state index < -0.39 is 12.1 Å². The maximum Gasteiger partial charge on any atom is 0.339 e. The van der Waals surface area contributed by atoms with Crippen LogP contribution < -0.4 is 9.47 Å². The number of fused-ring (bicyclic) bond motifs is 1. The summed E-state index contributed by atoms with van der Waals surface area (Å²) in [7, 11) is 0. The van der Waals surface area contributed by atoms with Gasteiger partial charge in [-0.15, -0.1) is 0 Å². The van der Waals surface area contributed by atoms with Crippen LogP contribution in [0.4, 0.5) is 0 Å². The molecular weight excluding hydrogens is 224 g/mol. The van der Waals surface area contributed by atoms with Crippen LogP contribution in [0.2, 0.25) is 0 Å². The van der Waals surface area contributed by atoms with Crippen molar-refractivity contribution in [1.82, 2.24) is 0 Å². The summed E-state index contributed by atoms with van der Waals surface area (Å²) in [4.78, 5) is 11.5. The van der Waals surface area contributed by atoms with E-state index in [1.807, 2.05) is 0 Å². The number of ether oxygens (including phenoxy) is 3. The fraction of sp³-hybridized carbons (Fsp3) is 0.417. The molecule has 5 nitrogen and oxygen atoms in total. The van der Waals surface area contributed by atoms with Gasteiger partial charge < -0.3 is 19.3 Å². The van der Waals surface area contributed by atoms with Gasteiger partial charge in [-0.3, -0.25) is 0 Å². The Labute approximate surface area is 98.9 Å². The van der Waals surface area contributed by atoms with Crippen LogP contribution in [0.3, 0.4) is 0 Å². The highest BCUT2D eigenvalue weighted by atomic mass is 16.7. The fourth-order valence-corrected chi connectivity index (χ4v) is 1.77. The molecule has 0 saturated carbocycles. The number of benzene rings is 1. The maximum absolute atomic E-state index is 11.5. The van der Waals surface area contributed by atoms with Gasteiger partial charge in [0.05, 0.1) is 6.61 Å². The molecule has 1 aromatic carbocycles. The second-order valence-electron chi connectivity index (χ2n) is 3.68. The van der Waals surface area contributed by atoms with Gasteiger partial charge in [0.15, 0.2) is 17.6 Å². The van der Waals surface area contributed by atoms with Crippen LogP contribution in [-0.4, -0.2) is 24.5 Å². The summed E-state index contributed by atoms with van der Waals surface area (Å²) in [5.41, 5.74) is 1.17. The summed E-state index contributed by atoms with van der Waals surface area (Å²) in [5, 5.41) is 9.96. The van der Waals surface area contributed by atoms with Crippen LogP contribution in [0.25, 0.3) is 0 Å². The number of carbonyl (C=O) groups is 1. The number of esters is 1. The largest absolute Gasteiger partial charge is 0.464 e. The molecule has 1 unspecified atom stereocenters. The van der Waals surface area contributed by atoms with Crippen LogP contribution in [0.15, 0.2) is 12.1 Å². The third-order valence-electron chi connectivity index (χ3n) is 2.58. The van der Waals surface area contributed by atoms with Crippen LogP contribution in [-0.2, 0) is 9.53 Å². The third-order valence-corrected chi connectivity index (χ3v) is 2.58. The summed E-state index contributed by atoms with van der Waals surface area (Å²) >= 11 is 0. The monoisotopic (exact) mass is 238 g/mol. The van der Waals surface area contributed by atoms with Gasteiger partial charge >= 0.3 is 5.97 Å². The smallest absolute Gasteiger partial charge is 0.339 e. The molecular formula is C12H14O5. The Kier molecular flexibility index (Phi) is 3.19. The number of carbonyl (C=O) groups excluding carboxylic acids is 1. The van der Waals surface area contributed by atoms with Crippen molar-refractivity contribution >= 4 is 5.97 Å². The van der Waals surface area contributed by atoms with E-state index in [-0.39, 0.29) is 13.4 Å². The Morgan fingerprint density at radius 1 is 1.53 bits per heavy atom. The molecule has 0 aromatic heterocycles. The second-order valence-corrected chi connectivity index (χ2v) is 3.68. The number of aliphatic hydroxyl groups excluding tert-OH is 1. The van der Waals surface area contributed by atoms with Crippen molar-refractivity contribution in [3.05, 3.63) is 23.3 Å². The lowest BCUT2D eigenvalue weighted by Gasteiger charge is -2.14. The van der Waals surface area contributed by atoms with E-state index >= 15 is 0 Å². The Morgan fingerprint density at radius 2 is 2.29 bits per heavy atom. The number of aliphatic hydroxyl groups is 1. The molecule has 1 N–H and O–H groups in total. The Hall–Kier alpha value is -1.75. The van der Waals surface area contributed by atoms with Gasteiger partial charge in [0.2, 0.25) is 6.79 Å². The lowest BCUT2D eigenvalue weighted by molar-refractivity contribution is -0.153. The first-order valence-corrected chi connectivity index (χ1v) is 5.39. The van der Waals surface area contributed by atoms with E-state index in [2.05, 4.69) is 0 Å². The van der Waals surface area contributed by atoms with E-state index in [9.17, 15) is 9.90 Å². The standard InChI is InChI=1S/C12H14O5/c1-3-15-12(14)10(13)9-7(2)4-5-8-11(9)17-6-16-8/h4-5,10,13H,3,6H2,1-2H3. The molecule has 1 aliphatic rings. The maximum atomic E-state index is 11.5. The van der Waals surface area contributed by atoms with Crippen molar-refractivity contribution in [3.63, 3.8) is 0 Å². The molecule has 2 rings (SSSR count). The summed E-state index contributed by atoms with van der Waals surface area (Å²) in [5.74, 6) is 0.277. The van der Waals surface area contributed by atoms with Gasteiger partial charge in [0, 0.05) is 5.56 Å². The summed E-state index contributed by atoms with van der Waals surface area (Å²) < 4.78 is 15.3. The first kappa shape index (κ1) is 11.7. The Morgan fingerprint density at radius 3 is 3.00 bits per heavy atom. The third kappa shape index (κ3) is 2.06. The second kappa shape index (κ2) is 4.63. The van der Waals surface area contributed by atoms with Gasteiger partial charge in [-0.25, -0.2) is 4.79 Å². The van der Waals surface area contributed by atoms with Crippen molar-refractivity contribution < 1.29 is 24.1 Å². The van der Waals surface area contributed by atoms with E-state index in [4.69, 9.17) is 14.2 Å². The molecule has 1 heterocycles. The molecule has 0 spiro atoms. The molecule has 0 amide bonds. The number of aryl methyl sites for hydroxylation is 1. The van der Waals surface area contributed by atoms with Crippen molar-refractivity contribution in [2.75, 3.05) is 13.4 Å². The summed E-state index contributed by atoms with van der Waals surface area (Å²) in [6.45, 7) is 3.80. The van der Waals surface area contributed by atoms with Crippen molar-refractivity contribution in [3.8, 4) is 11.5 Å². The quantitative estimate of drug-likeness (QED) is 0.804. The highest BCUT2D eigenvalue weighted by Crippen LogP contribution is 2.40. The predicted octanol–water partition coefficient (Wildman–Crippen LogP) is 1.32. The van der Waals surface area contributed by atoms with E-state index in [1.165, 1.54) is 0 Å². The number of hydrogen-bond acceptors (Lipinski definition) is 5. The summed E-state index contributed by atoms with van der Waals surface area (Å²) in [6.07, 6.45) is -1.34. The zero-order valence-electron chi connectivity index (χ0n) is 9.73. The van der Waals surface area contributed by atoms with Gasteiger partial charge in [-0.1, -0.05) is 6.07 Å². The van der Waals surface area contributed by atoms with Crippen molar-refractivity contribution in [2.24, 2.45) is 0 Å². The molecule has 5 heteroatoms. The minimum absolute atomic E-state index is 0.0985. The van der Waals surface area contributed by atoms with Crippen LogP contribution in [0, 0.1) is 6.92 Å². The van der Waals surface area contributed by atoms with Gasteiger partial charge in [0.25, 0.3) is 0 Å². The van der Waals surface area contributed by atoms with E-state index in [1.54, 1.807) is 26.0 Å². The molecule has 1 atom stereocenters. The fourth-order valence-electron chi connectivity index (χ4n) is 1.77. The first-order valence-electron chi connectivity index (χ1n) is 5.39. The minimum atomic E-state index is -1.34. The molecule has 0 bridgehead atoms. The minimum Gasteiger partial charge on any atom is -0.464 e. The zero-order chi connectivity index (χ0) is 12.4. The summed E-state index contributed by atoms with van der Waals surface area (Å²) in [6, 6.07) is 3.52. The average Bonchev–Trinajstić information content (AvgIpc) is 2.76. The zero-order valence-corrected chi connectivity index (χ0v) is 9.73. The van der Waals surface area contributed by atoms with Crippen LogP contribution in [0.5, 0.6) is 11.5 Å². The molecule has 0 aliphatic carbocycles.